The van der Waals surface area contributed by atoms with E-state index in [0.29, 0.717) is 12.0 Å². The molecule has 1 fully saturated rings. The lowest BCUT2D eigenvalue weighted by molar-refractivity contribution is 0.517. The Bertz CT molecular complexity index is 245. The summed E-state index contributed by atoms with van der Waals surface area (Å²) in [7, 11) is 0. The Labute approximate surface area is 83.1 Å². The van der Waals surface area contributed by atoms with Gasteiger partial charge in [0, 0.05) is 17.1 Å². The SMILES string of the molecule is NCC1CCCC1Nc1ccsc1. The highest BCUT2D eigenvalue weighted by Crippen LogP contribution is 2.28. The van der Waals surface area contributed by atoms with E-state index in [4.69, 9.17) is 5.73 Å². The van der Waals surface area contributed by atoms with Gasteiger partial charge in [0.05, 0.1) is 0 Å². The Hall–Kier alpha value is -0.540. The van der Waals surface area contributed by atoms with Crippen LogP contribution in [0, 0.1) is 5.92 Å². The second-order valence-corrected chi connectivity index (χ2v) is 4.47. The van der Waals surface area contributed by atoms with Crippen LogP contribution in [0.25, 0.3) is 0 Å². The van der Waals surface area contributed by atoms with Crippen molar-refractivity contribution in [1.29, 1.82) is 0 Å². The zero-order valence-corrected chi connectivity index (χ0v) is 8.52. The number of anilines is 1. The molecule has 0 spiro atoms. The molecule has 1 aliphatic carbocycles. The summed E-state index contributed by atoms with van der Waals surface area (Å²) in [6.07, 6.45) is 3.89. The first-order chi connectivity index (χ1) is 6.40. The molecule has 1 aromatic rings. The molecule has 2 rings (SSSR count). The van der Waals surface area contributed by atoms with Gasteiger partial charge >= 0.3 is 0 Å². The highest BCUT2D eigenvalue weighted by molar-refractivity contribution is 7.08. The van der Waals surface area contributed by atoms with Gasteiger partial charge in [0.2, 0.25) is 0 Å². The normalized spacial score (nSPS) is 27.8. The lowest BCUT2D eigenvalue weighted by Crippen LogP contribution is -2.29. The molecule has 1 aliphatic rings. The predicted molar refractivity (Wildman–Crippen MR) is 58.1 cm³/mol. The summed E-state index contributed by atoms with van der Waals surface area (Å²) >= 11 is 1.74. The summed E-state index contributed by atoms with van der Waals surface area (Å²) < 4.78 is 0. The molecule has 3 heteroatoms. The minimum absolute atomic E-state index is 0.611. The highest BCUT2D eigenvalue weighted by atomic mass is 32.1. The number of hydrogen-bond acceptors (Lipinski definition) is 3. The molecule has 0 amide bonds. The van der Waals surface area contributed by atoms with E-state index >= 15 is 0 Å². The molecule has 1 heterocycles. The average Bonchev–Trinajstić information content (AvgIpc) is 2.76. The quantitative estimate of drug-likeness (QED) is 0.778. The minimum atomic E-state index is 0.611. The molecule has 3 N–H and O–H groups in total. The summed E-state index contributed by atoms with van der Waals surface area (Å²) in [5.41, 5.74) is 6.98. The number of nitrogens with two attached hydrogens (primary N) is 1. The van der Waals surface area contributed by atoms with Gasteiger partial charge in [-0.3, -0.25) is 0 Å². The van der Waals surface area contributed by atoms with Crippen molar-refractivity contribution in [2.75, 3.05) is 11.9 Å². The van der Waals surface area contributed by atoms with E-state index in [1.54, 1.807) is 11.3 Å². The van der Waals surface area contributed by atoms with Gasteiger partial charge in [0.25, 0.3) is 0 Å². The standard InChI is InChI=1S/C10H16N2S/c11-6-8-2-1-3-10(8)12-9-4-5-13-7-9/h4-5,7-8,10,12H,1-3,6,11H2. The van der Waals surface area contributed by atoms with Gasteiger partial charge in [0.15, 0.2) is 0 Å². The molecule has 0 aliphatic heterocycles. The zero-order valence-electron chi connectivity index (χ0n) is 7.70. The van der Waals surface area contributed by atoms with E-state index in [-0.39, 0.29) is 0 Å². The average molecular weight is 196 g/mol. The van der Waals surface area contributed by atoms with E-state index in [9.17, 15) is 0 Å². The Balaban J connectivity index is 1.94. The van der Waals surface area contributed by atoms with E-state index < -0.39 is 0 Å². The van der Waals surface area contributed by atoms with Crippen LogP contribution in [0.3, 0.4) is 0 Å². The number of nitrogens with one attached hydrogen (secondary N) is 1. The van der Waals surface area contributed by atoms with Crippen molar-refractivity contribution in [1.82, 2.24) is 0 Å². The van der Waals surface area contributed by atoms with E-state index in [1.807, 2.05) is 0 Å². The first-order valence-corrected chi connectivity index (χ1v) is 5.83. The Morgan fingerprint density at radius 3 is 3.15 bits per heavy atom. The first kappa shape index (κ1) is 9.03. The third kappa shape index (κ3) is 2.03. The van der Waals surface area contributed by atoms with Crippen LogP contribution in [0.2, 0.25) is 0 Å². The molecule has 1 saturated carbocycles. The molecule has 0 saturated heterocycles. The van der Waals surface area contributed by atoms with E-state index in [2.05, 4.69) is 22.1 Å². The fourth-order valence-corrected chi connectivity index (χ4v) is 2.67. The summed E-state index contributed by atoms with van der Waals surface area (Å²) in [5.74, 6) is 0.680. The third-order valence-corrected chi connectivity index (χ3v) is 3.52. The van der Waals surface area contributed by atoms with Gasteiger partial charge in [-0.1, -0.05) is 6.42 Å². The monoisotopic (exact) mass is 196 g/mol. The molecule has 0 radical (unpaired) electrons. The summed E-state index contributed by atoms with van der Waals surface area (Å²) in [4.78, 5) is 0. The summed E-state index contributed by atoms with van der Waals surface area (Å²) in [6.45, 7) is 0.821. The molecular weight excluding hydrogens is 180 g/mol. The van der Waals surface area contributed by atoms with Crippen molar-refractivity contribution < 1.29 is 0 Å². The molecule has 72 valence electrons. The maximum absolute atomic E-state index is 5.72. The fraction of sp³-hybridized carbons (Fsp3) is 0.600. The molecule has 2 unspecified atom stereocenters. The lowest BCUT2D eigenvalue weighted by Gasteiger charge is -2.19. The van der Waals surface area contributed by atoms with Crippen LogP contribution in [-0.2, 0) is 0 Å². The Morgan fingerprint density at radius 2 is 2.46 bits per heavy atom. The second-order valence-electron chi connectivity index (χ2n) is 3.69. The number of hydrogen-bond donors (Lipinski definition) is 2. The fourth-order valence-electron chi connectivity index (χ4n) is 2.07. The van der Waals surface area contributed by atoms with Crippen LogP contribution in [0.5, 0.6) is 0 Å². The lowest BCUT2D eigenvalue weighted by atomic mass is 10.0. The van der Waals surface area contributed by atoms with E-state index in [0.717, 1.165) is 6.54 Å². The van der Waals surface area contributed by atoms with Gasteiger partial charge in [0.1, 0.15) is 0 Å². The summed E-state index contributed by atoms with van der Waals surface area (Å²) in [5, 5.41) is 7.82. The first-order valence-electron chi connectivity index (χ1n) is 4.89. The van der Waals surface area contributed by atoms with Gasteiger partial charge < -0.3 is 11.1 Å². The maximum Gasteiger partial charge on any atom is 0.0451 e. The van der Waals surface area contributed by atoms with Crippen LogP contribution >= 0.6 is 11.3 Å². The van der Waals surface area contributed by atoms with Crippen LogP contribution in [-0.4, -0.2) is 12.6 Å². The van der Waals surface area contributed by atoms with Crippen molar-refractivity contribution in [2.24, 2.45) is 11.7 Å². The smallest absolute Gasteiger partial charge is 0.0451 e. The maximum atomic E-state index is 5.72. The topological polar surface area (TPSA) is 38.0 Å². The molecule has 0 aromatic carbocycles. The van der Waals surface area contributed by atoms with E-state index in [1.165, 1.54) is 24.9 Å². The molecule has 0 bridgehead atoms. The highest BCUT2D eigenvalue weighted by Gasteiger charge is 2.25. The van der Waals surface area contributed by atoms with Crippen LogP contribution in [0.4, 0.5) is 5.69 Å². The van der Waals surface area contributed by atoms with Gasteiger partial charge in [-0.15, -0.1) is 0 Å². The van der Waals surface area contributed by atoms with Crippen LogP contribution < -0.4 is 11.1 Å². The van der Waals surface area contributed by atoms with Crippen LogP contribution in [0.15, 0.2) is 16.8 Å². The molecule has 13 heavy (non-hydrogen) atoms. The molecule has 2 atom stereocenters. The van der Waals surface area contributed by atoms with Crippen molar-refractivity contribution >= 4 is 17.0 Å². The molecule has 1 aromatic heterocycles. The van der Waals surface area contributed by atoms with Crippen molar-refractivity contribution in [2.45, 2.75) is 25.3 Å². The van der Waals surface area contributed by atoms with Crippen molar-refractivity contribution in [3.8, 4) is 0 Å². The number of thiophene rings is 1. The predicted octanol–water partition coefficient (Wildman–Crippen LogP) is 2.29. The molecule has 2 nitrogen and oxygen atoms in total. The molecular formula is C10H16N2S. The van der Waals surface area contributed by atoms with Gasteiger partial charge in [-0.25, -0.2) is 0 Å². The van der Waals surface area contributed by atoms with Crippen LogP contribution in [0.1, 0.15) is 19.3 Å². The second kappa shape index (κ2) is 4.11. The largest absolute Gasteiger partial charge is 0.381 e. The van der Waals surface area contributed by atoms with Gasteiger partial charge in [-0.05, 0) is 36.8 Å². The Kier molecular flexibility index (Phi) is 2.86. The minimum Gasteiger partial charge on any atom is -0.381 e. The van der Waals surface area contributed by atoms with Crippen molar-refractivity contribution in [3.63, 3.8) is 0 Å². The Morgan fingerprint density at radius 1 is 1.54 bits per heavy atom. The van der Waals surface area contributed by atoms with Gasteiger partial charge in [-0.2, -0.15) is 11.3 Å². The third-order valence-electron chi connectivity index (χ3n) is 2.84. The zero-order chi connectivity index (χ0) is 9.10. The van der Waals surface area contributed by atoms with Crippen molar-refractivity contribution in [3.05, 3.63) is 16.8 Å². The number of rotatable bonds is 3. The summed E-state index contributed by atoms with van der Waals surface area (Å²) in [6, 6.07) is 2.75.